The second kappa shape index (κ2) is 9.90. The van der Waals surface area contributed by atoms with Crippen molar-refractivity contribution in [2.45, 2.75) is 20.1 Å². The molecule has 0 aliphatic rings. The number of aromatic nitrogens is 1. The normalized spacial score (nSPS) is 10.8. The molecule has 4 rings (SSSR count). The molecule has 3 aromatic carbocycles. The molecule has 0 aliphatic carbocycles. The third-order valence-electron chi connectivity index (χ3n) is 4.98. The zero-order valence-electron chi connectivity index (χ0n) is 17.2. The monoisotopic (exact) mass is 398 g/mol. The number of hydrogen-bond donors (Lipinski definition) is 1. The predicted molar refractivity (Wildman–Crippen MR) is 121 cm³/mol. The number of rotatable bonds is 9. The average Bonchev–Trinajstić information content (AvgIpc) is 2.79. The molecule has 0 spiro atoms. The predicted octanol–water partition coefficient (Wildman–Crippen LogP) is 5.29. The molecule has 1 aromatic heterocycles. The molecular formula is C26H26N2O2. The highest BCUT2D eigenvalue weighted by Gasteiger charge is 2.09. The van der Waals surface area contributed by atoms with Gasteiger partial charge in [0.05, 0.1) is 0 Å². The van der Waals surface area contributed by atoms with Crippen LogP contribution in [-0.2, 0) is 13.2 Å². The van der Waals surface area contributed by atoms with Crippen molar-refractivity contribution >= 4 is 10.8 Å². The summed E-state index contributed by atoms with van der Waals surface area (Å²) in [5.41, 5.74) is 3.58. The Bertz CT molecular complexity index is 1080. The number of benzene rings is 3. The van der Waals surface area contributed by atoms with Crippen LogP contribution in [0.3, 0.4) is 0 Å². The Morgan fingerprint density at radius 1 is 0.833 bits per heavy atom. The standard InChI is InChI=1S/C26H26N2O2/c1-20-9-11-21(12-10-20)19-30-25-14-13-22-6-2-3-7-23(22)24(25)18-27-16-17-29-26-8-4-5-15-28-26/h2-15,27H,16-19H2,1H3. The molecule has 0 saturated heterocycles. The van der Waals surface area contributed by atoms with Gasteiger partial charge >= 0.3 is 0 Å². The lowest BCUT2D eigenvalue weighted by Crippen LogP contribution is -2.21. The quantitative estimate of drug-likeness (QED) is 0.389. The summed E-state index contributed by atoms with van der Waals surface area (Å²) in [6.45, 7) is 4.62. The molecule has 0 radical (unpaired) electrons. The minimum absolute atomic E-state index is 0.550. The lowest BCUT2D eigenvalue weighted by Gasteiger charge is -2.15. The van der Waals surface area contributed by atoms with Gasteiger partial charge in [0, 0.05) is 30.9 Å². The highest BCUT2D eigenvalue weighted by atomic mass is 16.5. The highest BCUT2D eigenvalue weighted by molar-refractivity contribution is 5.87. The first-order chi connectivity index (χ1) is 14.8. The molecule has 0 fully saturated rings. The van der Waals surface area contributed by atoms with Gasteiger partial charge in [0.25, 0.3) is 0 Å². The SMILES string of the molecule is Cc1ccc(COc2ccc3ccccc3c2CNCCOc2ccccn2)cc1. The van der Waals surface area contributed by atoms with E-state index >= 15 is 0 Å². The largest absolute Gasteiger partial charge is 0.489 e. The van der Waals surface area contributed by atoms with Crippen molar-refractivity contribution < 1.29 is 9.47 Å². The van der Waals surface area contributed by atoms with Gasteiger partial charge in [0.15, 0.2) is 0 Å². The molecule has 152 valence electrons. The van der Waals surface area contributed by atoms with Crippen LogP contribution in [0.15, 0.2) is 85.1 Å². The van der Waals surface area contributed by atoms with Gasteiger partial charge in [0.2, 0.25) is 5.88 Å². The molecule has 1 N–H and O–H groups in total. The number of ether oxygens (including phenoxy) is 2. The molecular weight excluding hydrogens is 372 g/mol. The molecule has 0 unspecified atom stereocenters. The maximum atomic E-state index is 6.22. The number of nitrogens with one attached hydrogen (secondary N) is 1. The van der Waals surface area contributed by atoms with Crippen LogP contribution in [0.25, 0.3) is 10.8 Å². The lowest BCUT2D eigenvalue weighted by atomic mass is 10.0. The lowest BCUT2D eigenvalue weighted by molar-refractivity contribution is 0.295. The first-order valence-electron chi connectivity index (χ1n) is 10.2. The van der Waals surface area contributed by atoms with E-state index in [0.717, 1.165) is 23.4 Å². The van der Waals surface area contributed by atoms with Crippen LogP contribution in [0.4, 0.5) is 0 Å². The molecule has 4 nitrogen and oxygen atoms in total. The maximum absolute atomic E-state index is 6.22. The van der Waals surface area contributed by atoms with Gasteiger partial charge < -0.3 is 14.8 Å². The van der Waals surface area contributed by atoms with E-state index < -0.39 is 0 Å². The minimum Gasteiger partial charge on any atom is -0.489 e. The summed E-state index contributed by atoms with van der Waals surface area (Å²) in [7, 11) is 0. The van der Waals surface area contributed by atoms with Crippen LogP contribution in [-0.4, -0.2) is 18.1 Å². The van der Waals surface area contributed by atoms with Crippen molar-refractivity contribution in [2.24, 2.45) is 0 Å². The summed E-state index contributed by atoms with van der Waals surface area (Å²) in [6, 6.07) is 26.7. The summed E-state index contributed by atoms with van der Waals surface area (Å²) >= 11 is 0. The smallest absolute Gasteiger partial charge is 0.213 e. The molecule has 4 aromatic rings. The van der Waals surface area contributed by atoms with Gasteiger partial charge in [-0.15, -0.1) is 0 Å². The highest BCUT2D eigenvalue weighted by Crippen LogP contribution is 2.28. The van der Waals surface area contributed by atoms with Crippen molar-refractivity contribution in [1.29, 1.82) is 0 Å². The van der Waals surface area contributed by atoms with Gasteiger partial charge in [-0.1, -0.05) is 66.2 Å². The molecule has 0 amide bonds. The first kappa shape index (κ1) is 19.9. The third kappa shape index (κ3) is 5.16. The van der Waals surface area contributed by atoms with E-state index in [0.29, 0.717) is 25.6 Å². The van der Waals surface area contributed by atoms with Crippen molar-refractivity contribution in [3.63, 3.8) is 0 Å². The van der Waals surface area contributed by atoms with Crippen LogP contribution in [0, 0.1) is 6.92 Å². The van der Waals surface area contributed by atoms with Crippen molar-refractivity contribution in [2.75, 3.05) is 13.2 Å². The van der Waals surface area contributed by atoms with Crippen LogP contribution in [0.5, 0.6) is 11.6 Å². The second-order valence-electron chi connectivity index (χ2n) is 7.23. The molecule has 1 heterocycles. The van der Waals surface area contributed by atoms with Crippen LogP contribution < -0.4 is 14.8 Å². The Morgan fingerprint density at radius 2 is 1.67 bits per heavy atom. The van der Waals surface area contributed by atoms with Gasteiger partial charge in [-0.3, -0.25) is 0 Å². The van der Waals surface area contributed by atoms with E-state index in [1.54, 1.807) is 6.20 Å². The molecule has 0 saturated carbocycles. The van der Waals surface area contributed by atoms with Crippen LogP contribution >= 0.6 is 0 Å². The minimum atomic E-state index is 0.550. The summed E-state index contributed by atoms with van der Waals surface area (Å²) in [4.78, 5) is 4.18. The second-order valence-corrected chi connectivity index (χ2v) is 7.23. The summed E-state index contributed by atoms with van der Waals surface area (Å²) < 4.78 is 11.9. The molecule has 0 aliphatic heterocycles. The van der Waals surface area contributed by atoms with E-state index in [1.807, 2.05) is 18.2 Å². The van der Waals surface area contributed by atoms with E-state index in [4.69, 9.17) is 9.47 Å². The number of pyridine rings is 1. The Balaban J connectivity index is 1.42. The fourth-order valence-electron chi connectivity index (χ4n) is 3.35. The molecule has 0 bridgehead atoms. The number of hydrogen-bond acceptors (Lipinski definition) is 4. The molecule has 30 heavy (non-hydrogen) atoms. The van der Waals surface area contributed by atoms with Gasteiger partial charge in [-0.05, 0) is 35.4 Å². The molecule has 0 atom stereocenters. The van der Waals surface area contributed by atoms with E-state index in [9.17, 15) is 0 Å². The summed E-state index contributed by atoms with van der Waals surface area (Å²) in [6.07, 6.45) is 1.73. The zero-order valence-corrected chi connectivity index (χ0v) is 17.2. The van der Waals surface area contributed by atoms with Crippen LogP contribution in [0.1, 0.15) is 16.7 Å². The average molecular weight is 399 g/mol. The number of aryl methyl sites for hydroxylation is 1. The van der Waals surface area contributed by atoms with E-state index in [1.165, 1.54) is 16.3 Å². The molecule has 4 heteroatoms. The fourth-order valence-corrected chi connectivity index (χ4v) is 3.35. The maximum Gasteiger partial charge on any atom is 0.213 e. The van der Waals surface area contributed by atoms with Crippen molar-refractivity contribution in [3.8, 4) is 11.6 Å². The van der Waals surface area contributed by atoms with E-state index in [-0.39, 0.29) is 0 Å². The number of fused-ring (bicyclic) bond motifs is 1. The van der Waals surface area contributed by atoms with Crippen LogP contribution in [0.2, 0.25) is 0 Å². The Labute approximate surface area is 177 Å². The fraction of sp³-hybridized carbons (Fsp3) is 0.192. The Kier molecular flexibility index (Phi) is 6.58. The van der Waals surface area contributed by atoms with Gasteiger partial charge in [-0.2, -0.15) is 0 Å². The number of nitrogens with zero attached hydrogens (tertiary/aromatic N) is 1. The topological polar surface area (TPSA) is 43.4 Å². The van der Waals surface area contributed by atoms with E-state index in [2.05, 4.69) is 77.9 Å². The Hall–Kier alpha value is -3.37. The van der Waals surface area contributed by atoms with Crippen molar-refractivity contribution in [3.05, 3.63) is 102 Å². The summed E-state index contributed by atoms with van der Waals surface area (Å²) in [5.74, 6) is 1.55. The van der Waals surface area contributed by atoms with Crippen molar-refractivity contribution in [1.82, 2.24) is 10.3 Å². The first-order valence-corrected chi connectivity index (χ1v) is 10.2. The Morgan fingerprint density at radius 3 is 2.50 bits per heavy atom. The van der Waals surface area contributed by atoms with Gasteiger partial charge in [-0.25, -0.2) is 4.98 Å². The summed E-state index contributed by atoms with van der Waals surface area (Å²) in [5, 5.41) is 5.89. The zero-order chi connectivity index (χ0) is 20.6. The van der Waals surface area contributed by atoms with Gasteiger partial charge in [0.1, 0.15) is 19.0 Å². The third-order valence-corrected chi connectivity index (χ3v) is 4.98.